The molecule has 6 heteroatoms. The van der Waals surface area contributed by atoms with Crippen LogP contribution in [0, 0.1) is 17.4 Å². The molecule has 0 aromatic heterocycles. The molecule has 2 atom stereocenters. The van der Waals surface area contributed by atoms with Crippen LogP contribution in [0.3, 0.4) is 0 Å². The van der Waals surface area contributed by atoms with E-state index in [0.717, 1.165) is 25.7 Å². The first kappa shape index (κ1) is 17.7. The first-order valence-corrected chi connectivity index (χ1v) is 6.60. The lowest BCUT2D eigenvalue weighted by Gasteiger charge is -2.28. The van der Waals surface area contributed by atoms with Crippen LogP contribution in [0.15, 0.2) is 5.11 Å². The maximum Gasteiger partial charge on any atom is 0.223 e. The Morgan fingerprint density at radius 2 is 1.79 bits per heavy atom. The van der Waals surface area contributed by atoms with Gasteiger partial charge in [0.2, 0.25) is 5.91 Å². The third-order valence-corrected chi connectivity index (χ3v) is 3.15. The minimum Gasteiger partial charge on any atom is -0.388 e. The quantitative estimate of drug-likeness (QED) is 0.590. The summed E-state index contributed by atoms with van der Waals surface area (Å²) < 4.78 is 4.25. The number of Topliss-reactive ketones (excluding diaryl/α,β-unsaturated/α-hetero) is 1. The third-order valence-electron chi connectivity index (χ3n) is 3.15. The second-order valence-corrected chi connectivity index (χ2v) is 4.69. The summed E-state index contributed by atoms with van der Waals surface area (Å²) in [4.78, 5) is 23.2. The first-order valence-electron chi connectivity index (χ1n) is 6.60. The number of hydrogen-bond acceptors (Lipinski definition) is 5. The molecule has 1 rings (SSSR count). The van der Waals surface area contributed by atoms with Crippen LogP contribution in [0.1, 0.15) is 32.6 Å². The van der Waals surface area contributed by atoms with Crippen LogP contribution in [0.2, 0.25) is 0 Å². The summed E-state index contributed by atoms with van der Waals surface area (Å²) in [7, 11) is 3.25. The molecule has 1 fully saturated rings. The van der Waals surface area contributed by atoms with Crippen LogP contribution >= 0.6 is 0 Å². The zero-order chi connectivity index (χ0) is 14.7. The highest BCUT2D eigenvalue weighted by atomic mass is 16.4. The van der Waals surface area contributed by atoms with Crippen molar-refractivity contribution >= 4 is 11.7 Å². The van der Waals surface area contributed by atoms with Gasteiger partial charge in [0.15, 0.2) is 0 Å². The average Bonchev–Trinajstić information content (AvgIpc) is 2.39. The van der Waals surface area contributed by atoms with Gasteiger partial charge in [-0.3, -0.25) is 9.59 Å². The fourth-order valence-electron chi connectivity index (χ4n) is 2.30. The standard InChI is InChI=1S/C11H19N3O2.C2H6O/c1-8(15)9-4-2-3-5-10(9)11(16)13-6-7-14-12;1-3-2/h9-10,12H,2-7H2,1H3,(H,13,16);1-2H3/t9-,10-;/m0./s1. The summed E-state index contributed by atoms with van der Waals surface area (Å²) in [6, 6.07) is 0. The smallest absolute Gasteiger partial charge is 0.223 e. The van der Waals surface area contributed by atoms with Crippen molar-refractivity contribution in [1.82, 2.24) is 5.32 Å². The Balaban J connectivity index is 0.000000982. The predicted octanol–water partition coefficient (Wildman–Crippen LogP) is 1.79. The van der Waals surface area contributed by atoms with E-state index in [1.807, 2.05) is 0 Å². The van der Waals surface area contributed by atoms with Gasteiger partial charge in [0.05, 0.1) is 6.54 Å². The van der Waals surface area contributed by atoms with Gasteiger partial charge in [0.25, 0.3) is 0 Å². The van der Waals surface area contributed by atoms with Crippen molar-refractivity contribution in [3.8, 4) is 0 Å². The highest BCUT2D eigenvalue weighted by molar-refractivity contribution is 5.87. The molecule has 0 unspecified atom stereocenters. The van der Waals surface area contributed by atoms with Crippen LogP contribution in [-0.2, 0) is 14.3 Å². The minimum atomic E-state index is -0.169. The summed E-state index contributed by atoms with van der Waals surface area (Å²) in [6.07, 6.45) is 3.69. The largest absolute Gasteiger partial charge is 0.388 e. The number of amides is 1. The zero-order valence-corrected chi connectivity index (χ0v) is 12.1. The second kappa shape index (κ2) is 10.6. The Kier molecular flexibility index (Phi) is 9.88. The first-order chi connectivity index (χ1) is 9.08. The van der Waals surface area contributed by atoms with Gasteiger partial charge in [0, 0.05) is 32.6 Å². The van der Waals surface area contributed by atoms with E-state index in [1.54, 1.807) is 21.1 Å². The molecular formula is C13H25N3O3. The van der Waals surface area contributed by atoms with Crippen molar-refractivity contribution in [3.63, 3.8) is 0 Å². The van der Waals surface area contributed by atoms with Crippen LogP contribution in [-0.4, -0.2) is 39.0 Å². The topological polar surface area (TPSA) is 91.6 Å². The Bertz CT molecular complexity index is 295. The van der Waals surface area contributed by atoms with Crippen molar-refractivity contribution in [2.75, 3.05) is 27.3 Å². The van der Waals surface area contributed by atoms with Gasteiger partial charge in [-0.1, -0.05) is 12.8 Å². The van der Waals surface area contributed by atoms with Gasteiger partial charge >= 0.3 is 0 Å². The normalized spacial score (nSPS) is 21.8. The minimum absolute atomic E-state index is 0.0523. The van der Waals surface area contributed by atoms with E-state index in [9.17, 15) is 9.59 Å². The Morgan fingerprint density at radius 3 is 2.26 bits per heavy atom. The van der Waals surface area contributed by atoms with Crippen molar-refractivity contribution in [2.45, 2.75) is 32.6 Å². The average molecular weight is 271 g/mol. The molecule has 6 nitrogen and oxygen atoms in total. The predicted molar refractivity (Wildman–Crippen MR) is 72.1 cm³/mol. The second-order valence-electron chi connectivity index (χ2n) is 4.69. The lowest BCUT2D eigenvalue weighted by atomic mass is 9.77. The van der Waals surface area contributed by atoms with Gasteiger partial charge in [-0.15, -0.1) is 0 Å². The fraction of sp³-hybridized carbons (Fsp3) is 0.846. The van der Waals surface area contributed by atoms with Crippen LogP contribution in [0.25, 0.3) is 0 Å². The van der Waals surface area contributed by atoms with E-state index in [1.165, 1.54) is 0 Å². The molecule has 0 aromatic carbocycles. The molecule has 2 N–H and O–H groups in total. The lowest BCUT2D eigenvalue weighted by Crippen LogP contribution is -2.40. The summed E-state index contributed by atoms with van der Waals surface area (Å²) in [5.74, 6) is -0.216. The number of ether oxygens (including phenoxy) is 1. The number of carbonyl (C=O) groups excluding carboxylic acids is 2. The third kappa shape index (κ3) is 7.00. The van der Waals surface area contributed by atoms with Crippen molar-refractivity contribution in [1.29, 1.82) is 5.53 Å². The molecule has 0 spiro atoms. The molecule has 0 aromatic rings. The zero-order valence-electron chi connectivity index (χ0n) is 12.1. The molecule has 1 aliphatic rings. The highest BCUT2D eigenvalue weighted by Crippen LogP contribution is 2.30. The molecule has 1 aliphatic carbocycles. The van der Waals surface area contributed by atoms with Crippen molar-refractivity contribution in [3.05, 3.63) is 0 Å². The monoisotopic (exact) mass is 271 g/mol. The molecule has 1 saturated carbocycles. The molecule has 0 saturated heterocycles. The number of nitrogens with one attached hydrogen (secondary N) is 2. The number of ketones is 1. The van der Waals surface area contributed by atoms with Crippen LogP contribution in [0.5, 0.6) is 0 Å². The van der Waals surface area contributed by atoms with E-state index in [0.29, 0.717) is 13.1 Å². The Morgan fingerprint density at radius 1 is 1.26 bits per heavy atom. The molecule has 110 valence electrons. The van der Waals surface area contributed by atoms with Gasteiger partial charge in [-0.25, -0.2) is 5.53 Å². The fourth-order valence-corrected chi connectivity index (χ4v) is 2.30. The van der Waals surface area contributed by atoms with E-state index in [2.05, 4.69) is 15.2 Å². The maximum absolute atomic E-state index is 11.8. The number of methoxy groups -OCH3 is 1. The number of hydrogen-bond donors (Lipinski definition) is 2. The molecular weight excluding hydrogens is 246 g/mol. The molecule has 1 amide bonds. The van der Waals surface area contributed by atoms with Gasteiger partial charge in [-0.2, -0.15) is 5.11 Å². The Hall–Kier alpha value is -1.30. The number of rotatable bonds is 5. The molecule has 0 aliphatic heterocycles. The molecule has 0 heterocycles. The van der Waals surface area contributed by atoms with E-state index in [4.69, 9.17) is 5.53 Å². The van der Waals surface area contributed by atoms with Crippen molar-refractivity contribution in [2.24, 2.45) is 17.0 Å². The van der Waals surface area contributed by atoms with Crippen molar-refractivity contribution < 1.29 is 14.3 Å². The Labute approximate surface area is 114 Å². The molecule has 0 radical (unpaired) electrons. The maximum atomic E-state index is 11.8. The molecule has 19 heavy (non-hydrogen) atoms. The van der Waals surface area contributed by atoms with E-state index >= 15 is 0 Å². The van der Waals surface area contributed by atoms with Gasteiger partial charge in [0.1, 0.15) is 5.78 Å². The summed E-state index contributed by atoms with van der Waals surface area (Å²) in [5, 5.41) is 5.91. The lowest BCUT2D eigenvalue weighted by molar-refractivity contribution is -0.134. The number of nitrogens with zero attached hydrogens (tertiary/aromatic N) is 1. The van der Waals surface area contributed by atoms with E-state index < -0.39 is 0 Å². The van der Waals surface area contributed by atoms with Gasteiger partial charge in [-0.05, 0) is 19.8 Å². The SMILES string of the molecule is CC(=O)[C@@H]1CCCC[C@@H]1C(=O)NCCN=N.COC. The number of carbonyl (C=O) groups is 2. The summed E-state index contributed by atoms with van der Waals surface area (Å²) >= 11 is 0. The summed E-state index contributed by atoms with van der Waals surface area (Å²) in [6.45, 7) is 2.27. The summed E-state index contributed by atoms with van der Waals surface area (Å²) in [5.41, 5.74) is 6.62. The van der Waals surface area contributed by atoms with Crippen LogP contribution < -0.4 is 5.32 Å². The highest BCUT2D eigenvalue weighted by Gasteiger charge is 2.33. The van der Waals surface area contributed by atoms with Gasteiger partial charge < -0.3 is 10.1 Å². The molecule has 0 bridgehead atoms. The van der Waals surface area contributed by atoms with E-state index in [-0.39, 0.29) is 23.5 Å². The van der Waals surface area contributed by atoms with Crippen LogP contribution in [0.4, 0.5) is 0 Å².